The normalized spacial score (nSPS) is 11.9. The van der Waals surface area contributed by atoms with E-state index in [1.807, 2.05) is 55.5 Å². The summed E-state index contributed by atoms with van der Waals surface area (Å²) in [6.07, 6.45) is 1.42. The fourth-order valence-electron chi connectivity index (χ4n) is 3.34. The molecular formula is C24H21N3O2. The zero-order valence-electron chi connectivity index (χ0n) is 16.1. The Bertz CT molecular complexity index is 1200. The summed E-state index contributed by atoms with van der Waals surface area (Å²) >= 11 is 0. The van der Waals surface area contributed by atoms with Gasteiger partial charge in [0.25, 0.3) is 5.56 Å². The van der Waals surface area contributed by atoms with Crippen LogP contribution in [-0.2, 0) is 11.3 Å². The molecule has 1 heterocycles. The van der Waals surface area contributed by atoms with Crippen molar-refractivity contribution in [3.05, 3.63) is 101 Å². The van der Waals surface area contributed by atoms with E-state index in [2.05, 4.69) is 22.4 Å². The van der Waals surface area contributed by atoms with E-state index in [1.165, 1.54) is 10.9 Å². The van der Waals surface area contributed by atoms with Gasteiger partial charge in [-0.3, -0.25) is 14.2 Å². The fraction of sp³-hybridized carbons (Fsp3) is 0.125. The minimum absolute atomic E-state index is 0.0664. The van der Waals surface area contributed by atoms with Crippen LogP contribution in [0.15, 0.2) is 90.0 Å². The van der Waals surface area contributed by atoms with Crippen LogP contribution in [0, 0.1) is 0 Å². The molecule has 0 saturated heterocycles. The summed E-state index contributed by atoms with van der Waals surface area (Å²) in [7, 11) is 0. The van der Waals surface area contributed by atoms with Gasteiger partial charge >= 0.3 is 0 Å². The number of hydrogen-bond donors (Lipinski definition) is 1. The second-order valence-electron chi connectivity index (χ2n) is 6.97. The zero-order valence-corrected chi connectivity index (χ0v) is 16.1. The van der Waals surface area contributed by atoms with Gasteiger partial charge in [-0.1, -0.05) is 66.7 Å². The summed E-state index contributed by atoms with van der Waals surface area (Å²) in [4.78, 5) is 29.3. The maximum atomic E-state index is 12.5. The molecule has 0 fully saturated rings. The average Bonchev–Trinajstić information content (AvgIpc) is 2.76. The molecule has 29 heavy (non-hydrogen) atoms. The van der Waals surface area contributed by atoms with Crippen molar-refractivity contribution in [1.82, 2.24) is 14.9 Å². The van der Waals surface area contributed by atoms with Crippen LogP contribution in [0.1, 0.15) is 18.5 Å². The highest BCUT2D eigenvalue weighted by atomic mass is 16.2. The Morgan fingerprint density at radius 3 is 2.34 bits per heavy atom. The lowest BCUT2D eigenvalue weighted by Gasteiger charge is -2.15. The van der Waals surface area contributed by atoms with E-state index < -0.39 is 0 Å². The van der Waals surface area contributed by atoms with Crippen molar-refractivity contribution >= 4 is 16.8 Å². The minimum atomic E-state index is -0.233. The van der Waals surface area contributed by atoms with Gasteiger partial charge in [-0.2, -0.15) is 0 Å². The van der Waals surface area contributed by atoms with Crippen LogP contribution in [0.3, 0.4) is 0 Å². The van der Waals surface area contributed by atoms with Gasteiger partial charge in [0, 0.05) is 0 Å². The van der Waals surface area contributed by atoms with Crippen molar-refractivity contribution in [1.29, 1.82) is 0 Å². The molecule has 4 rings (SSSR count). The molecular weight excluding hydrogens is 362 g/mol. The monoisotopic (exact) mass is 383 g/mol. The second-order valence-corrected chi connectivity index (χ2v) is 6.97. The summed E-state index contributed by atoms with van der Waals surface area (Å²) in [5, 5.41) is 3.46. The van der Waals surface area contributed by atoms with Crippen molar-refractivity contribution in [2.24, 2.45) is 0 Å². The molecule has 4 aromatic rings. The Kier molecular flexibility index (Phi) is 5.20. The van der Waals surface area contributed by atoms with Gasteiger partial charge in [-0.15, -0.1) is 0 Å². The molecule has 0 radical (unpaired) electrons. The Labute approximate surface area is 168 Å². The van der Waals surface area contributed by atoms with Crippen molar-refractivity contribution < 1.29 is 4.79 Å². The van der Waals surface area contributed by atoms with E-state index in [1.54, 1.807) is 18.2 Å². The molecule has 3 aromatic carbocycles. The molecule has 1 aromatic heterocycles. The number of fused-ring (bicyclic) bond motifs is 1. The number of nitrogens with one attached hydrogen (secondary N) is 1. The van der Waals surface area contributed by atoms with E-state index in [0.717, 1.165) is 16.7 Å². The van der Waals surface area contributed by atoms with E-state index in [9.17, 15) is 9.59 Å². The maximum absolute atomic E-state index is 12.5. The minimum Gasteiger partial charge on any atom is -0.348 e. The highest BCUT2D eigenvalue weighted by Gasteiger charge is 2.12. The predicted octanol–water partition coefficient (Wildman–Crippen LogP) is 3.94. The smallest absolute Gasteiger partial charge is 0.261 e. The van der Waals surface area contributed by atoms with Gasteiger partial charge in [0.05, 0.1) is 23.3 Å². The first kappa shape index (κ1) is 18.6. The number of para-hydroxylation sites is 1. The third kappa shape index (κ3) is 4.09. The molecule has 0 aliphatic carbocycles. The lowest BCUT2D eigenvalue weighted by Crippen LogP contribution is -2.33. The summed E-state index contributed by atoms with van der Waals surface area (Å²) in [5.41, 5.74) is 3.69. The molecule has 5 heteroatoms. The molecule has 0 saturated carbocycles. The van der Waals surface area contributed by atoms with Crippen molar-refractivity contribution in [3.8, 4) is 11.1 Å². The molecule has 0 aliphatic heterocycles. The zero-order chi connectivity index (χ0) is 20.2. The Hall–Kier alpha value is -3.73. The number of nitrogens with zero attached hydrogens (tertiary/aromatic N) is 2. The number of carbonyl (C=O) groups is 1. The van der Waals surface area contributed by atoms with Gasteiger partial charge in [0.15, 0.2) is 0 Å². The predicted molar refractivity (Wildman–Crippen MR) is 114 cm³/mol. The Morgan fingerprint density at radius 2 is 1.59 bits per heavy atom. The third-order valence-electron chi connectivity index (χ3n) is 4.94. The number of benzene rings is 3. The molecule has 0 aliphatic rings. The quantitative estimate of drug-likeness (QED) is 0.568. The first-order chi connectivity index (χ1) is 14.1. The van der Waals surface area contributed by atoms with Crippen LogP contribution >= 0.6 is 0 Å². The molecule has 1 atom stereocenters. The topological polar surface area (TPSA) is 64.0 Å². The first-order valence-electron chi connectivity index (χ1n) is 9.51. The molecule has 0 spiro atoms. The van der Waals surface area contributed by atoms with Crippen molar-refractivity contribution in [3.63, 3.8) is 0 Å². The number of aromatic nitrogens is 2. The Morgan fingerprint density at radius 1 is 0.931 bits per heavy atom. The molecule has 144 valence electrons. The Balaban J connectivity index is 1.45. The summed E-state index contributed by atoms with van der Waals surface area (Å²) in [6, 6.07) is 25.2. The summed E-state index contributed by atoms with van der Waals surface area (Å²) < 4.78 is 1.34. The largest absolute Gasteiger partial charge is 0.348 e. The van der Waals surface area contributed by atoms with E-state index in [-0.39, 0.29) is 24.1 Å². The number of hydrogen-bond acceptors (Lipinski definition) is 3. The SMILES string of the molecule is CC(NC(=O)Cn1cnc2ccccc2c1=O)c1ccc(-c2ccccc2)cc1. The summed E-state index contributed by atoms with van der Waals surface area (Å²) in [6.45, 7) is 1.86. The van der Waals surface area contributed by atoms with E-state index in [0.29, 0.717) is 10.9 Å². The standard InChI is InChI=1S/C24H21N3O2/c1-17(18-11-13-20(14-12-18)19-7-3-2-4-8-19)26-23(28)15-27-16-25-22-10-6-5-9-21(22)24(27)29/h2-14,16-17H,15H2,1H3,(H,26,28). The van der Waals surface area contributed by atoms with Crippen LogP contribution < -0.4 is 10.9 Å². The van der Waals surface area contributed by atoms with Gasteiger partial charge in [-0.25, -0.2) is 4.98 Å². The van der Waals surface area contributed by atoms with Crippen LogP contribution in [0.2, 0.25) is 0 Å². The molecule has 1 amide bonds. The van der Waals surface area contributed by atoms with Gasteiger partial charge in [0.2, 0.25) is 5.91 Å². The van der Waals surface area contributed by atoms with E-state index >= 15 is 0 Å². The average molecular weight is 383 g/mol. The van der Waals surface area contributed by atoms with Gasteiger partial charge in [-0.05, 0) is 35.7 Å². The number of rotatable bonds is 5. The number of amides is 1. The maximum Gasteiger partial charge on any atom is 0.261 e. The van der Waals surface area contributed by atoms with Gasteiger partial charge in [0.1, 0.15) is 6.54 Å². The molecule has 0 bridgehead atoms. The lowest BCUT2D eigenvalue weighted by molar-refractivity contribution is -0.122. The molecule has 1 N–H and O–H groups in total. The molecule has 1 unspecified atom stereocenters. The van der Waals surface area contributed by atoms with Crippen LogP contribution in [0.4, 0.5) is 0 Å². The van der Waals surface area contributed by atoms with Crippen molar-refractivity contribution in [2.75, 3.05) is 0 Å². The molecule has 5 nitrogen and oxygen atoms in total. The number of carbonyl (C=O) groups excluding carboxylic acids is 1. The van der Waals surface area contributed by atoms with Crippen LogP contribution in [0.5, 0.6) is 0 Å². The van der Waals surface area contributed by atoms with Gasteiger partial charge < -0.3 is 5.32 Å². The van der Waals surface area contributed by atoms with Crippen molar-refractivity contribution in [2.45, 2.75) is 19.5 Å². The first-order valence-corrected chi connectivity index (χ1v) is 9.51. The highest BCUT2D eigenvalue weighted by Crippen LogP contribution is 2.21. The van der Waals surface area contributed by atoms with Crippen LogP contribution in [0.25, 0.3) is 22.0 Å². The second kappa shape index (κ2) is 8.10. The van der Waals surface area contributed by atoms with Crippen LogP contribution in [-0.4, -0.2) is 15.5 Å². The third-order valence-corrected chi connectivity index (χ3v) is 4.94. The lowest BCUT2D eigenvalue weighted by atomic mass is 10.0. The summed E-state index contributed by atoms with van der Waals surface area (Å²) in [5.74, 6) is -0.233. The fourth-order valence-corrected chi connectivity index (χ4v) is 3.34. The van der Waals surface area contributed by atoms with E-state index in [4.69, 9.17) is 0 Å². The highest BCUT2D eigenvalue weighted by molar-refractivity contribution is 5.79.